The number of hydrogen-bond donors (Lipinski definition) is 1. The third kappa shape index (κ3) is 3.82. The van der Waals surface area contributed by atoms with Crippen LogP contribution in [0.15, 0.2) is 54.6 Å². The maximum atomic E-state index is 15.4. The summed E-state index contributed by atoms with van der Waals surface area (Å²) in [5.41, 5.74) is 5.01. The van der Waals surface area contributed by atoms with Gasteiger partial charge in [-0.3, -0.25) is 4.98 Å². The van der Waals surface area contributed by atoms with Gasteiger partial charge in [-0.15, -0.1) is 0 Å². The van der Waals surface area contributed by atoms with E-state index in [-0.39, 0.29) is 17.2 Å². The summed E-state index contributed by atoms with van der Waals surface area (Å²) in [6, 6.07) is 16.6. The fourth-order valence-corrected chi connectivity index (χ4v) is 7.53. The van der Waals surface area contributed by atoms with Gasteiger partial charge < -0.3 is 14.6 Å². The van der Waals surface area contributed by atoms with Crippen molar-refractivity contribution in [3.63, 3.8) is 0 Å². The van der Waals surface area contributed by atoms with Crippen molar-refractivity contribution in [2.24, 2.45) is 11.8 Å². The number of halogens is 1. The van der Waals surface area contributed by atoms with Gasteiger partial charge in [0, 0.05) is 39.8 Å². The van der Waals surface area contributed by atoms with Gasteiger partial charge in [0.15, 0.2) is 11.6 Å². The number of pyridine rings is 1. The zero-order valence-electron chi connectivity index (χ0n) is 23.2. The summed E-state index contributed by atoms with van der Waals surface area (Å²) in [6.45, 7) is 7.53. The maximum absolute atomic E-state index is 15.4. The predicted octanol–water partition coefficient (Wildman–Crippen LogP) is 6.54. The highest BCUT2D eigenvalue weighted by atomic mass is 19.1. The Morgan fingerprint density at radius 1 is 0.975 bits per heavy atom. The molecule has 4 atom stereocenters. The molecule has 2 aliphatic carbocycles. The number of hydrogen-bond acceptors (Lipinski definition) is 6. The number of para-hydroxylation sites is 1. The van der Waals surface area contributed by atoms with Crippen LogP contribution in [0.5, 0.6) is 0 Å². The first kappa shape index (κ1) is 25.7. The van der Waals surface area contributed by atoms with E-state index in [2.05, 4.69) is 18.8 Å². The van der Waals surface area contributed by atoms with E-state index in [4.69, 9.17) is 19.4 Å². The van der Waals surface area contributed by atoms with Crippen molar-refractivity contribution < 1.29 is 19.0 Å². The highest BCUT2D eigenvalue weighted by Crippen LogP contribution is 2.57. The molecular weight excluding hydrogens is 505 g/mol. The molecule has 4 aromatic rings. The van der Waals surface area contributed by atoms with Gasteiger partial charge in [-0.05, 0) is 56.4 Å². The monoisotopic (exact) mass is 539 g/mol. The molecule has 1 N–H and O–H groups in total. The average Bonchev–Trinajstić information content (AvgIpc) is 3.45. The summed E-state index contributed by atoms with van der Waals surface area (Å²) < 4.78 is 27.8. The van der Waals surface area contributed by atoms with Gasteiger partial charge >= 0.3 is 0 Å². The molecule has 6 nitrogen and oxygen atoms in total. The van der Waals surface area contributed by atoms with Gasteiger partial charge in [0.2, 0.25) is 0 Å². The van der Waals surface area contributed by atoms with E-state index in [0.29, 0.717) is 41.9 Å². The van der Waals surface area contributed by atoms with Crippen molar-refractivity contribution in [1.29, 1.82) is 0 Å². The molecule has 7 rings (SSSR count). The smallest absolute Gasteiger partial charge is 0.171 e. The van der Waals surface area contributed by atoms with E-state index < -0.39 is 11.9 Å². The molecule has 1 spiro atoms. The van der Waals surface area contributed by atoms with Crippen molar-refractivity contribution in [2.45, 2.75) is 63.8 Å². The second-order valence-electron chi connectivity index (χ2n) is 11.9. The van der Waals surface area contributed by atoms with Crippen LogP contribution in [0.3, 0.4) is 0 Å². The summed E-state index contributed by atoms with van der Waals surface area (Å²) in [5, 5.41) is 11.4. The van der Waals surface area contributed by atoms with Crippen LogP contribution in [0.2, 0.25) is 0 Å². The minimum Gasteiger partial charge on any atom is -0.387 e. The molecule has 1 saturated carbocycles. The molecule has 1 aliphatic heterocycles. The number of aromatic nitrogens is 3. The normalized spacial score (nSPS) is 26.0. The Balaban J connectivity index is 1.48. The summed E-state index contributed by atoms with van der Waals surface area (Å²) in [4.78, 5) is 15.1. The summed E-state index contributed by atoms with van der Waals surface area (Å²) >= 11 is 0. The van der Waals surface area contributed by atoms with Gasteiger partial charge in [0.1, 0.15) is 5.82 Å². The Kier molecular flexibility index (Phi) is 6.04. The zero-order valence-corrected chi connectivity index (χ0v) is 23.2. The Morgan fingerprint density at radius 2 is 1.73 bits per heavy atom. The second-order valence-corrected chi connectivity index (χ2v) is 11.9. The third-order valence-electron chi connectivity index (χ3n) is 9.67. The van der Waals surface area contributed by atoms with Crippen LogP contribution in [-0.4, -0.2) is 39.1 Å². The molecule has 0 amide bonds. The molecule has 0 radical (unpaired) electrons. The lowest BCUT2D eigenvalue weighted by molar-refractivity contribution is -0.234. The zero-order chi connectivity index (χ0) is 27.6. The SMILES string of the molecule is CC(O)c1cc(-c2nc(-c3ccccc3F)c3c(n2)[C@]2(C)CCC4(OCCO4)[C@H](C)[C@H]2CC3)c2ccccc2n1. The molecule has 40 heavy (non-hydrogen) atoms. The molecule has 2 aromatic carbocycles. The second kappa shape index (κ2) is 9.40. The standard InChI is InChI=1S/C33H34FN3O3/c1-19-25-13-12-23-29(22-9-4-6-10-26(22)34)36-31(24-18-28(20(2)38)35-27-11-7-5-8-21(24)27)37-30(23)32(25,3)14-15-33(19)39-16-17-40-33/h4-11,18-20,25,38H,12-17H2,1-3H3/t19-,20?,25-,32-/m1/s1. The van der Waals surface area contributed by atoms with E-state index in [0.717, 1.165) is 53.4 Å². The van der Waals surface area contributed by atoms with Crippen LogP contribution in [-0.2, 0) is 21.3 Å². The largest absolute Gasteiger partial charge is 0.387 e. The molecule has 1 unspecified atom stereocenters. The molecule has 2 fully saturated rings. The van der Waals surface area contributed by atoms with Crippen molar-refractivity contribution in [3.8, 4) is 22.6 Å². The van der Waals surface area contributed by atoms with E-state index in [9.17, 15) is 5.11 Å². The fraction of sp³-hybridized carbons (Fsp3) is 0.424. The number of aliphatic hydroxyl groups is 1. The van der Waals surface area contributed by atoms with E-state index in [1.165, 1.54) is 6.07 Å². The van der Waals surface area contributed by atoms with Crippen LogP contribution in [0.25, 0.3) is 33.5 Å². The van der Waals surface area contributed by atoms with Crippen molar-refractivity contribution in [2.75, 3.05) is 13.2 Å². The van der Waals surface area contributed by atoms with E-state index >= 15 is 4.39 Å². The molecular formula is C33H34FN3O3. The molecule has 206 valence electrons. The van der Waals surface area contributed by atoms with Crippen LogP contribution < -0.4 is 0 Å². The maximum Gasteiger partial charge on any atom is 0.171 e. The number of fused-ring (bicyclic) bond motifs is 4. The number of ether oxygens (including phenoxy) is 2. The van der Waals surface area contributed by atoms with Gasteiger partial charge in [0.25, 0.3) is 0 Å². The summed E-state index contributed by atoms with van der Waals surface area (Å²) in [5.74, 6) is 0.195. The molecule has 3 heterocycles. The van der Waals surface area contributed by atoms with E-state index in [1.54, 1.807) is 19.1 Å². The first-order chi connectivity index (χ1) is 19.3. The van der Waals surface area contributed by atoms with Crippen molar-refractivity contribution in [3.05, 3.63) is 77.4 Å². The minimum atomic E-state index is -0.754. The molecule has 1 saturated heterocycles. The fourth-order valence-electron chi connectivity index (χ4n) is 7.53. The van der Waals surface area contributed by atoms with Gasteiger partial charge in [-0.2, -0.15) is 0 Å². The van der Waals surface area contributed by atoms with Crippen LogP contribution in [0, 0.1) is 17.7 Å². The minimum absolute atomic E-state index is 0.195. The molecule has 7 heteroatoms. The van der Waals surface area contributed by atoms with Crippen molar-refractivity contribution >= 4 is 10.9 Å². The van der Waals surface area contributed by atoms with Crippen LogP contribution in [0.4, 0.5) is 4.39 Å². The first-order valence-corrected chi connectivity index (χ1v) is 14.3. The molecule has 2 aromatic heterocycles. The van der Waals surface area contributed by atoms with E-state index in [1.807, 2.05) is 36.4 Å². The summed E-state index contributed by atoms with van der Waals surface area (Å²) in [6.07, 6.45) is 2.59. The first-order valence-electron chi connectivity index (χ1n) is 14.3. The lowest BCUT2D eigenvalue weighted by atomic mass is 9.54. The number of aliphatic hydroxyl groups excluding tert-OH is 1. The highest BCUT2D eigenvalue weighted by molar-refractivity contribution is 5.93. The van der Waals surface area contributed by atoms with Gasteiger partial charge in [-0.25, -0.2) is 14.4 Å². The van der Waals surface area contributed by atoms with Crippen LogP contribution >= 0.6 is 0 Å². The predicted molar refractivity (Wildman–Crippen MR) is 151 cm³/mol. The Morgan fingerprint density at radius 3 is 2.50 bits per heavy atom. The van der Waals surface area contributed by atoms with Crippen molar-refractivity contribution in [1.82, 2.24) is 15.0 Å². The Labute approximate surface area is 233 Å². The summed E-state index contributed by atoms with van der Waals surface area (Å²) in [7, 11) is 0. The third-order valence-corrected chi connectivity index (χ3v) is 9.67. The number of benzene rings is 2. The molecule has 0 bridgehead atoms. The number of nitrogens with zero attached hydrogens (tertiary/aromatic N) is 3. The van der Waals surface area contributed by atoms with Crippen LogP contribution in [0.1, 0.15) is 63.1 Å². The lowest BCUT2D eigenvalue weighted by Crippen LogP contribution is -2.55. The highest BCUT2D eigenvalue weighted by Gasteiger charge is 2.58. The lowest BCUT2D eigenvalue weighted by Gasteiger charge is -2.54. The Hall–Kier alpha value is -3.26. The van der Waals surface area contributed by atoms with Gasteiger partial charge in [-0.1, -0.05) is 44.2 Å². The Bertz CT molecular complexity index is 1620. The van der Waals surface area contributed by atoms with Gasteiger partial charge in [0.05, 0.1) is 41.9 Å². The quantitative estimate of drug-likeness (QED) is 0.318. The average molecular weight is 540 g/mol. The molecule has 3 aliphatic rings. The number of rotatable bonds is 3. The topological polar surface area (TPSA) is 77.4 Å².